The molecule has 0 saturated heterocycles. The van der Waals surface area contributed by atoms with Gasteiger partial charge in [0.1, 0.15) is 10.0 Å². The van der Waals surface area contributed by atoms with Crippen LogP contribution in [0.15, 0.2) is 47.4 Å². The fourth-order valence-electron chi connectivity index (χ4n) is 2.18. The zero-order valence-electron chi connectivity index (χ0n) is 13.1. The summed E-state index contributed by atoms with van der Waals surface area (Å²) in [5.74, 6) is 0.126. The molecule has 0 atom stereocenters. The number of nitrogens with zero attached hydrogens (tertiary/aromatic N) is 2. The number of benzene rings is 2. The third kappa shape index (κ3) is 3.68. The van der Waals surface area contributed by atoms with E-state index in [1.807, 2.05) is 26.0 Å². The maximum atomic E-state index is 12.5. The summed E-state index contributed by atoms with van der Waals surface area (Å²) in [4.78, 5) is 10.0. The Labute approximate surface area is 135 Å². The van der Waals surface area contributed by atoms with Crippen molar-refractivity contribution in [3.63, 3.8) is 0 Å². The van der Waals surface area contributed by atoms with Gasteiger partial charge in [-0.25, -0.2) is 8.42 Å². The first-order chi connectivity index (χ1) is 10.7. The van der Waals surface area contributed by atoms with Crippen LogP contribution >= 0.6 is 0 Å². The highest BCUT2D eigenvalue weighted by Crippen LogP contribution is 2.37. The predicted octanol–water partition coefficient (Wildman–Crippen LogP) is 4.42. The SMILES string of the molecule is Cc1cccc(C(C)C)c1[N-]S(=O)(=O)c1ccc([N+](=O)[O-])cc1. The van der Waals surface area contributed by atoms with Crippen LogP contribution in [0.25, 0.3) is 4.72 Å². The van der Waals surface area contributed by atoms with Crippen molar-refractivity contribution in [2.24, 2.45) is 0 Å². The van der Waals surface area contributed by atoms with Gasteiger partial charge in [0.25, 0.3) is 5.69 Å². The normalized spacial score (nSPS) is 11.5. The number of aryl methyl sites for hydroxylation is 1. The van der Waals surface area contributed by atoms with Crippen molar-refractivity contribution in [1.29, 1.82) is 0 Å². The maximum absolute atomic E-state index is 12.5. The fraction of sp³-hybridized carbons (Fsp3) is 0.250. The molecule has 2 aromatic carbocycles. The standard InChI is InChI=1S/C16H17N2O4S/c1-11(2)15-6-4-5-12(3)16(15)17-23(21,22)14-9-7-13(8-10-14)18(19)20/h4-11H,1-3H3/q-1. The molecule has 0 bridgehead atoms. The molecule has 0 saturated carbocycles. The molecule has 0 aliphatic carbocycles. The van der Waals surface area contributed by atoms with Crippen LogP contribution in [0.1, 0.15) is 30.9 Å². The first-order valence-electron chi connectivity index (χ1n) is 7.04. The molecule has 2 rings (SSSR count). The van der Waals surface area contributed by atoms with Crippen molar-refractivity contribution in [1.82, 2.24) is 0 Å². The quantitative estimate of drug-likeness (QED) is 0.598. The molecule has 0 unspecified atom stereocenters. The summed E-state index contributed by atoms with van der Waals surface area (Å²) in [6, 6.07) is 10.2. The van der Waals surface area contributed by atoms with E-state index in [2.05, 4.69) is 4.72 Å². The van der Waals surface area contributed by atoms with E-state index in [9.17, 15) is 18.5 Å². The van der Waals surface area contributed by atoms with Gasteiger partial charge < -0.3 is 4.72 Å². The van der Waals surface area contributed by atoms with Gasteiger partial charge in [0, 0.05) is 12.1 Å². The Morgan fingerprint density at radius 2 is 1.70 bits per heavy atom. The van der Waals surface area contributed by atoms with Gasteiger partial charge in [-0.2, -0.15) is 0 Å². The minimum absolute atomic E-state index is 0.0685. The van der Waals surface area contributed by atoms with Crippen LogP contribution in [0.5, 0.6) is 0 Å². The molecular formula is C16H17N2O4S-. The van der Waals surface area contributed by atoms with Gasteiger partial charge in [0.2, 0.25) is 0 Å². The molecule has 0 N–H and O–H groups in total. The van der Waals surface area contributed by atoms with E-state index >= 15 is 0 Å². The molecule has 0 aliphatic rings. The van der Waals surface area contributed by atoms with Gasteiger partial charge in [0.05, 0.1) is 9.82 Å². The smallest absolute Gasteiger partial charge is 0.269 e. The average Bonchev–Trinajstić information content (AvgIpc) is 2.49. The minimum Gasteiger partial charge on any atom is -0.572 e. The second-order valence-corrected chi connectivity index (χ2v) is 7.09. The van der Waals surface area contributed by atoms with Gasteiger partial charge in [-0.05, 0) is 25.0 Å². The second kappa shape index (κ2) is 6.37. The van der Waals surface area contributed by atoms with Crippen molar-refractivity contribution in [2.75, 3.05) is 0 Å². The lowest BCUT2D eigenvalue weighted by Gasteiger charge is -2.28. The highest BCUT2D eigenvalue weighted by molar-refractivity contribution is 7.94. The van der Waals surface area contributed by atoms with Crippen LogP contribution in [0.2, 0.25) is 0 Å². The molecule has 7 heteroatoms. The van der Waals surface area contributed by atoms with Crippen LogP contribution in [-0.4, -0.2) is 13.3 Å². The first-order valence-corrected chi connectivity index (χ1v) is 8.48. The Kier molecular flexibility index (Phi) is 4.70. The lowest BCUT2D eigenvalue weighted by atomic mass is 9.99. The zero-order valence-corrected chi connectivity index (χ0v) is 13.9. The molecule has 122 valence electrons. The maximum Gasteiger partial charge on any atom is 0.269 e. The summed E-state index contributed by atoms with van der Waals surface area (Å²) in [7, 11) is -3.93. The van der Waals surface area contributed by atoms with E-state index in [-0.39, 0.29) is 16.5 Å². The van der Waals surface area contributed by atoms with Crippen molar-refractivity contribution in [3.8, 4) is 0 Å². The second-order valence-electron chi connectivity index (χ2n) is 5.48. The molecule has 2 aromatic rings. The van der Waals surface area contributed by atoms with Crippen LogP contribution in [0.3, 0.4) is 0 Å². The van der Waals surface area contributed by atoms with Crippen molar-refractivity contribution >= 4 is 21.4 Å². The number of nitro benzene ring substituents is 1. The topological polar surface area (TPSA) is 91.4 Å². The molecule has 0 amide bonds. The number of hydrogen-bond donors (Lipinski definition) is 0. The van der Waals surface area contributed by atoms with E-state index in [0.717, 1.165) is 23.3 Å². The first kappa shape index (κ1) is 17.0. The Balaban J connectivity index is 2.41. The molecule has 0 aromatic heterocycles. The van der Waals surface area contributed by atoms with E-state index in [4.69, 9.17) is 0 Å². The molecular weight excluding hydrogens is 316 g/mol. The van der Waals surface area contributed by atoms with Gasteiger partial charge in [-0.3, -0.25) is 10.1 Å². The Bertz CT molecular complexity index is 828. The van der Waals surface area contributed by atoms with Crippen LogP contribution < -0.4 is 0 Å². The van der Waals surface area contributed by atoms with Crippen LogP contribution in [0, 0.1) is 17.0 Å². The third-order valence-corrected chi connectivity index (χ3v) is 4.74. The lowest BCUT2D eigenvalue weighted by Crippen LogP contribution is -2.01. The summed E-state index contributed by atoms with van der Waals surface area (Å²) in [6.45, 7) is 5.73. The summed E-state index contributed by atoms with van der Waals surface area (Å²) in [5.41, 5.74) is 1.88. The van der Waals surface area contributed by atoms with E-state index < -0.39 is 14.9 Å². The van der Waals surface area contributed by atoms with Crippen LogP contribution in [0.4, 0.5) is 11.4 Å². The highest BCUT2D eigenvalue weighted by Gasteiger charge is 2.11. The molecule has 0 spiro atoms. The number of non-ortho nitro benzene ring substituents is 1. The molecule has 0 heterocycles. The number of nitro groups is 1. The average molecular weight is 333 g/mol. The van der Waals surface area contributed by atoms with Crippen molar-refractivity contribution < 1.29 is 13.3 Å². The lowest BCUT2D eigenvalue weighted by molar-refractivity contribution is -0.384. The van der Waals surface area contributed by atoms with Gasteiger partial charge in [0.15, 0.2) is 0 Å². The van der Waals surface area contributed by atoms with Crippen molar-refractivity contribution in [2.45, 2.75) is 31.6 Å². The van der Waals surface area contributed by atoms with E-state index in [0.29, 0.717) is 5.69 Å². The predicted molar refractivity (Wildman–Crippen MR) is 88.6 cm³/mol. The largest absolute Gasteiger partial charge is 0.572 e. The Morgan fingerprint density at radius 3 is 2.22 bits per heavy atom. The van der Waals surface area contributed by atoms with Crippen LogP contribution in [-0.2, 0) is 10.0 Å². The number of sulfonamides is 1. The number of rotatable bonds is 5. The molecule has 0 aliphatic heterocycles. The molecule has 0 fully saturated rings. The van der Waals surface area contributed by atoms with E-state index in [1.165, 1.54) is 12.1 Å². The zero-order chi connectivity index (χ0) is 17.2. The molecule has 23 heavy (non-hydrogen) atoms. The van der Waals surface area contributed by atoms with Gasteiger partial charge >= 0.3 is 0 Å². The third-order valence-electron chi connectivity index (χ3n) is 3.45. The number of hydrogen-bond acceptors (Lipinski definition) is 4. The van der Waals surface area contributed by atoms with E-state index in [1.54, 1.807) is 13.0 Å². The summed E-state index contributed by atoms with van der Waals surface area (Å²) in [6.07, 6.45) is 0. The summed E-state index contributed by atoms with van der Waals surface area (Å²) >= 11 is 0. The summed E-state index contributed by atoms with van der Waals surface area (Å²) < 4.78 is 28.9. The molecule has 6 nitrogen and oxygen atoms in total. The minimum atomic E-state index is -3.93. The Morgan fingerprint density at radius 1 is 1.09 bits per heavy atom. The van der Waals surface area contributed by atoms with Gasteiger partial charge in [-0.15, -0.1) is 5.69 Å². The monoisotopic (exact) mass is 333 g/mol. The Hall–Kier alpha value is -2.41. The molecule has 0 radical (unpaired) electrons. The fourth-order valence-corrected chi connectivity index (χ4v) is 3.26. The van der Waals surface area contributed by atoms with Crippen molar-refractivity contribution in [3.05, 3.63) is 68.4 Å². The van der Waals surface area contributed by atoms with Gasteiger partial charge in [-0.1, -0.05) is 43.2 Å². The summed E-state index contributed by atoms with van der Waals surface area (Å²) in [5, 5.41) is 10.6. The highest BCUT2D eigenvalue weighted by atomic mass is 32.2.